The van der Waals surface area contributed by atoms with Crippen LogP contribution in [0, 0.1) is 0 Å². The Morgan fingerprint density at radius 1 is 1.21 bits per heavy atom. The number of thioether (sulfide) groups is 1. The smallest absolute Gasteiger partial charge is 0.257 e. The Labute approximate surface area is 180 Å². The third-order valence-electron chi connectivity index (χ3n) is 4.71. The van der Waals surface area contributed by atoms with E-state index in [1.165, 1.54) is 11.8 Å². The van der Waals surface area contributed by atoms with Crippen LogP contribution in [-0.2, 0) is 10.5 Å². The van der Waals surface area contributed by atoms with Crippen molar-refractivity contribution >= 4 is 39.4 Å². The predicted molar refractivity (Wildman–Crippen MR) is 117 cm³/mol. The second-order valence-corrected chi connectivity index (χ2v) is 8.48. The highest BCUT2D eigenvalue weighted by molar-refractivity contribution is 9.10. The Bertz CT molecular complexity index is 1120. The van der Waals surface area contributed by atoms with Gasteiger partial charge in [0, 0.05) is 28.1 Å². The normalized spacial score (nSPS) is 15.5. The molecule has 1 amide bonds. The number of amides is 1. The molecule has 0 saturated heterocycles. The van der Waals surface area contributed by atoms with E-state index in [9.17, 15) is 9.59 Å². The number of nitrogens with zero attached hydrogens (tertiary/aromatic N) is 1. The van der Waals surface area contributed by atoms with Crippen LogP contribution in [0.5, 0.6) is 5.75 Å². The highest BCUT2D eigenvalue weighted by Gasteiger charge is 2.32. The van der Waals surface area contributed by atoms with Crippen LogP contribution in [0.2, 0.25) is 0 Å². The third kappa shape index (κ3) is 4.23. The maximum Gasteiger partial charge on any atom is 0.257 e. The molecule has 29 heavy (non-hydrogen) atoms. The van der Waals surface area contributed by atoms with Crippen molar-refractivity contribution in [2.45, 2.75) is 23.2 Å². The molecule has 0 saturated carbocycles. The minimum absolute atomic E-state index is 0.154. The molecule has 3 aromatic rings. The minimum Gasteiger partial charge on any atom is -0.496 e. The molecule has 148 valence electrons. The SMILES string of the molecule is COc1ccc(Br)cc1C1CC(=O)Nc2nc(SCc3ccccc3)[nH]c(=O)c21. The lowest BCUT2D eigenvalue weighted by molar-refractivity contribution is -0.116. The van der Waals surface area contributed by atoms with Crippen LogP contribution in [0.4, 0.5) is 5.82 Å². The summed E-state index contributed by atoms with van der Waals surface area (Å²) in [5, 5.41) is 3.23. The first-order valence-corrected chi connectivity index (χ1v) is 10.8. The number of halogens is 1. The van der Waals surface area contributed by atoms with Crippen molar-refractivity contribution in [3.63, 3.8) is 0 Å². The van der Waals surface area contributed by atoms with Gasteiger partial charge in [-0.25, -0.2) is 4.98 Å². The molecule has 0 spiro atoms. The molecule has 1 aliphatic rings. The molecule has 2 N–H and O–H groups in total. The summed E-state index contributed by atoms with van der Waals surface area (Å²) in [6.07, 6.45) is 0.154. The molecule has 2 heterocycles. The fraction of sp³-hybridized carbons (Fsp3) is 0.190. The maximum absolute atomic E-state index is 13.0. The van der Waals surface area contributed by atoms with Gasteiger partial charge in [-0.1, -0.05) is 58.0 Å². The van der Waals surface area contributed by atoms with Crippen LogP contribution >= 0.6 is 27.7 Å². The number of hydrogen-bond donors (Lipinski definition) is 2. The van der Waals surface area contributed by atoms with Crippen molar-refractivity contribution in [1.82, 2.24) is 9.97 Å². The Morgan fingerprint density at radius 3 is 2.76 bits per heavy atom. The van der Waals surface area contributed by atoms with E-state index in [0.29, 0.717) is 28.0 Å². The Hall–Kier alpha value is -2.58. The molecule has 1 unspecified atom stereocenters. The van der Waals surface area contributed by atoms with Gasteiger partial charge in [0.15, 0.2) is 5.16 Å². The lowest BCUT2D eigenvalue weighted by Gasteiger charge is -2.25. The molecule has 2 aromatic carbocycles. The number of ether oxygens (including phenoxy) is 1. The largest absolute Gasteiger partial charge is 0.496 e. The monoisotopic (exact) mass is 471 g/mol. The summed E-state index contributed by atoms with van der Waals surface area (Å²) >= 11 is 4.88. The van der Waals surface area contributed by atoms with Crippen LogP contribution in [0.25, 0.3) is 0 Å². The van der Waals surface area contributed by atoms with Gasteiger partial charge in [0.25, 0.3) is 5.56 Å². The first-order valence-electron chi connectivity index (χ1n) is 8.99. The molecule has 6 nitrogen and oxygen atoms in total. The number of anilines is 1. The van der Waals surface area contributed by atoms with Gasteiger partial charge >= 0.3 is 0 Å². The highest BCUT2D eigenvalue weighted by atomic mass is 79.9. The van der Waals surface area contributed by atoms with Crippen LogP contribution < -0.4 is 15.6 Å². The maximum atomic E-state index is 13.0. The standard InChI is InChI=1S/C21H18BrN3O3S/c1-28-16-8-7-13(22)9-14(16)15-10-17(26)23-19-18(15)20(27)25-21(24-19)29-11-12-5-3-2-4-6-12/h2-9,15H,10-11H2,1H3,(H2,23,24,25,26,27). The molecule has 1 atom stereocenters. The van der Waals surface area contributed by atoms with Crippen LogP contribution in [0.3, 0.4) is 0 Å². The molecular weight excluding hydrogens is 454 g/mol. The van der Waals surface area contributed by atoms with E-state index >= 15 is 0 Å². The molecule has 0 radical (unpaired) electrons. The first kappa shape index (κ1) is 19.7. The number of nitrogens with one attached hydrogen (secondary N) is 2. The van der Waals surface area contributed by atoms with Gasteiger partial charge in [0.1, 0.15) is 11.6 Å². The van der Waals surface area contributed by atoms with E-state index < -0.39 is 5.92 Å². The van der Waals surface area contributed by atoms with Crippen molar-refractivity contribution in [3.8, 4) is 5.75 Å². The summed E-state index contributed by atoms with van der Waals surface area (Å²) in [7, 11) is 1.57. The van der Waals surface area contributed by atoms with Gasteiger partial charge < -0.3 is 15.0 Å². The number of fused-ring (bicyclic) bond motifs is 1. The number of aromatic nitrogens is 2. The number of benzene rings is 2. The molecule has 0 fully saturated rings. The average molecular weight is 472 g/mol. The Kier molecular flexibility index (Phi) is 5.73. The highest BCUT2D eigenvalue weighted by Crippen LogP contribution is 2.39. The van der Waals surface area contributed by atoms with E-state index in [4.69, 9.17) is 4.74 Å². The molecular formula is C21H18BrN3O3S. The van der Waals surface area contributed by atoms with Crippen LogP contribution in [-0.4, -0.2) is 23.0 Å². The fourth-order valence-corrected chi connectivity index (χ4v) is 4.58. The number of hydrogen-bond acceptors (Lipinski definition) is 5. The number of aromatic amines is 1. The van der Waals surface area contributed by atoms with Crippen molar-refractivity contribution < 1.29 is 9.53 Å². The summed E-state index contributed by atoms with van der Waals surface area (Å²) in [4.78, 5) is 32.7. The molecule has 0 aliphatic carbocycles. The third-order valence-corrected chi connectivity index (χ3v) is 6.15. The average Bonchev–Trinajstić information content (AvgIpc) is 2.72. The summed E-state index contributed by atoms with van der Waals surface area (Å²) < 4.78 is 6.31. The number of carbonyl (C=O) groups is 1. The van der Waals surface area contributed by atoms with E-state index in [0.717, 1.165) is 15.6 Å². The summed E-state index contributed by atoms with van der Waals surface area (Å²) in [6, 6.07) is 15.5. The Balaban J connectivity index is 1.71. The molecule has 8 heteroatoms. The Morgan fingerprint density at radius 2 is 2.00 bits per heavy atom. The fourth-order valence-electron chi connectivity index (χ4n) is 3.39. The van der Waals surface area contributed by atoms with Crippen molar-refractivity contribution in [2.75, 3.05) is 12.4 Å². The molecule has 4 rings (SSSR count). The van der Waals surface area contributed by atoms with Gasteiger partial charge in [-0.3, -0.25) is 9.59 Å². The first-order chi connectivity index (χ1) is 14.0. The van der Waals surface area contributed by atoms with Gasteiger partial charge in [-0.2, -0.15) is 0 Å². The number of carbonyl (C=O) groups excluding carboxylic acids is 1. The van der Waals surface area contributed by atoms with Crippen molar-refractivity contribution in [1.29, 1.82) is 0 Å². The molecule has 1 aliphatic heterocycles. The van der Waals surface area contributed by atoms with E-state index in [2.05, 4.69) is 31.2 Å². The number of H-pyrrole nitrogens is 1. The van der Waals surface area contributed by atoms with Crippen LogP contribution in [0.15, 0.2) is 63.0 Å². The van der Waals surface area contributed by atoms with E-state index in [1.54, 1.807) is 7.11 Å². The topological polar surface area (TPSA) is 84.1 Å². The van der Waals surface area contributed by atoms with Crippen LogP contribution in [0.1, 0.15) is 29.0 Å². The lowest BCUT2D eigenvalue weighted by Crippen LogP contribution is -2.31. The van der Waals surface area contributed by atoms with Gasteiger partial charge in [-0.05, 0) is 23.8 Å². The van der Waals surface area contributed by atoms with Crippen molar-refractivity contribution in [2.24, 2.45) is 0 Å². The zero-order valence-electron chi connectivity index (χ0n) is 15.6. The minimum atomic E-state index is -0.435. The summed E-state index contributed by atoms with van der Waals surface area (Å²) in [5.74, 6) is 0.991. The van der Waals surface area contributed by atoms with Gasteiger partial charge in [0.05, 0.1) is 12.7 Å². The number of methoxy groups -OCH3 is 1. The van der Waals surface area contributed by atoms with Crippen molar-refractivity contribution in [3.05, 3.63) is 80.0 Å². The second kappa shape index (κ2) is 8.42. The second-order valence-electron chi connectivity index (χ2n) is 6.60. The molecule has 0 bridgehead atoms. The zero-order chi connectivity index (χ0) is 20.4. The van der Waals surface area contributed by atoms with E-state index in [1.807, 2.05) is 48.5 Å². The summed E-state index contributed by atoms with van der Waals surface area (Å²) in [6.45, 7) is 0. The van der Waals surface area contributed by atoms with E-state index in [-0.39, 0.29) is 17.9 Å². The lowest BCUT2D eigenvalue weighted by atomic mass is 9.86. The van der Waals surface area contributed by atoms with Gasteiger partial charge in [0.2, 0.25) is 5.91 Å². The number of rotatable bonds is 5. The summed E-state index contributed by atoms with van der Waals surface area (Å²) in [5.41, 5.74) is 2.09. The molecule has 1 aromatic heterocycles. The quantitative estimate of drug-likeness (QED) is 0.427. The predicted octanol–water partition coefficient (Wildman–Crippen LogP) is 4.31. The van der Waals surface area contributed by atoms with Gasteiger partial charge in [-0.15, -0.1) is 0 Å². The zero-order valence-corrected chi connectivity index (χ0v) is 18.0.